The Kier molecular flexibility index (Phi) is 7.36. The molecule has 0 amide bonds. The SMILES string of the molecule is Cc1ccc(S(=O)(=O)N=C2OC(c3ccc(Cl)cc3)=CC23C(c2ccccc2)C(c2ccccc2)=NN3c2ccccc2)cc1. The molecule has 2 aliphatic heterocycles. The number of hydrogen-bond acceptors (Lipinski definition) is 5. The Labute approximate surface area is 267 Å². The van der Waals surface area contributed by atoms with Crippen LogP contribution >= 0.6 is 11.6 Å². The summed E-state index contributed by atoms with van der Waals surface area (Å²) >= 11 is 6.24. The van der Waals surface area contributed by atoms with Crippen molar-refractivity contribution in [1.82, 2.24) is 0 Å². The van der Waals surface area contributed by atoms with E-state index in [9.17, 15) is 8.42 Å². The van der Waals surface area contributed by atoms with E-state index in [2.05, 4.69) is 4.40 Å². The maximum absolute atomic E-state index is 14.0. The molecule has 0 saturated carbocycles. The molecule has 0 saturated heterocycles. The van der Waals surface area contributed by atoms with E-state index in [-0.39, 0.29) is 10.8 Å². The summed E-state index contributed by atoms with van der Waals surface area (Å²) in [5.41, 5.74) is 3.71. The Balaban J connectivity index is 1.54. The van der Waals surface area contributed by atoms with Crippen molar-refractivity contribution in [3.05, 3.63) is 173 Å². The van der Waals surface area contributed by atoms with E-state index in [1.165, 1.54) is 0 Å². The zero-order valence-corrected chi connectivity index (χ0v) is 25.9. The third-order valence-electron chi connectivity index (χ3n) is 8.03. The molecule has 2 aliphatic rings. The van der Waals surface area contributed by atoms with Gasteiger partial charge in [-0.05, 0) is 72.7 Å². The molecule has 0 bridgehead atoms. The van der Waals surface area contributed by atoms with Crippen LogP contribution in [0.25, 0.3) is 5.76 Å². The number of benzene rings is 5. The van der Waals surface area contributed by atoms with Crippen LogP contribution in [0.5, 0.6) is 0 Å². The molecule has 1 spiro atoms. The van der Waals surface area contributed by atoms with E-state index in [1.807, 2.05) is 121 Å². The molecule has 0 N–H and O–H groups in total. The Morgan fingerprint density at radius 2 is 1.36 bits per heavy atom. The van der Waals surface area contributed by atoms with E-state index < -0.39 is 21.5 Å². The van der Waals surface area contributed by atoms with Gasteiger partial charge in [-0.15, -0.1) is 4.40 Å². The summed E-state index contributed by atoms with van der Waals surface area (Å²) in [6.45, 7) is 1.91. The normalized spacial score (nSPS) is 20.3. The fourth-order valence-corrected chi connectivity index (χ4v) is 6.98. The summed E-state index contributed by atoms with van der Waals surface area (Å²) in [4.78, 5) is 0.0732. The van der Waals surface area contributed by atoms with Crippen LogP contribution in [0, 0.1) is 6.92 Å². The lowest BCUT2D eigenvalue weighted by Gasteiger charge is -2.36. The number of ether oxygens (including phenoxy) is 1. The molecular weight excluding hydrogens is 602 g/mol. The third-order valence-corrected chi connectivity index (χ3v) is 9.55. The zero-order valence-electron chi connectivity index (χ0n) is 24.3. The second-order valence-electron chi connectivity index (χ2n) is 11.0. The summed E-state index contributed by atoms with van der Waals surface area (Å²) in [5, 5.41) is 7.68. The van der Waals surface area contributed by atoms with Crippen LogP contribution in [0.2, 0.25) is 5.02 Å². The highest BCUT2D eigenvalue weighted by atomic mass is 35.5. The van der Waals surface area contributed by atoms with Gasteiger partial charge in [-0.1, -0.05) is 108 Å². The topological polar surface area (TPSA) is 71.3 Å². The molecule has 222 valence electrons. The molecule has 45 heavy (non-hydrogen) atoms. The van der Waals surface area contributed by atoms with Gasteiger partial charge in [-0.2, -0.15) is 13.5 Å². The average Bonchev–Trinajstić information content (AvgIpc) is 3.60. The van der Waals surface area contributed by atoms with Crippen molar-refractivity contribution in [2.24, 2.45) is 9.50 Å². The summed E-state index contributed by atoms with van der Waals surface area (Å²) in [6.07, 6.45) is 1.95. The quantitative estimate of drug-likeness (QED) is 0.190. The van der Waals surface area contributed by atoms with Gasteiger partial charge in [0.2, 0.25) is 5.90 Å². The predicted molar refractivity (Wildman–Crippen MR) is 180 cm³/mol. The van der Waals surface area contributed by atoms with Crippen LogP contribution in [0.1, 0.15) is 28.2 Å². The van der Waals surface area contributed by atoms with E-state index in [0.29, 0.717) is 10.8 Å². The van der Waals surface area contributed by atoms with Gasteiger partial charge >= 0.3 is 0 Å². The smallest absolute Gasteiger partial charge is 0.285 e. The van der Waals surface area contributed by atoms with Gasteiger partial charge in [0, 0.05) is 10.6 Å². The zero-order chi connectivity index (χ0) is 31.0. The van der Waals surface area contributed by atoms with E-state index >= 15 is 0 Å². The van der Waals surface area contributed by atoms with Crippen molar-refractivity contribution in [3.8, 4) is 0 Å². The van der Waals surface area contributed by atoms with Crippen molar-refractivity contribution < 1.29 is 13.2 Å². The molecule has 0 aliphatic carbocycles. The first-order chi connectivity index (χ1) is 21.8. The first kappa shape index (κ1) is 28.8. The molecule has 2 unspecified atom stereocenters. The number of hydrazone groups is 1. The molecule has 7 rings (SSSR count). The Morgan fingerprint density at radius 3 is 2.00 bits per heavy atom. The van der Waals surface area contributed by atoms with E-state index in [1.54, 1.807) is 36.4 Å². The minimum Gasteiger partial charge on any atom is -0.439 e. The van der Waals surface area contributed by atoms with Gasteiger partial charge in [0.1, 0.15) is 5.76 Å². The highest BCUT2D eigenvalue weighted by Gasteiger charge is 2.60. The summed E-state index contributed by atoms with van der Waals surface area (Å²) in [7, 11) is -4.20. The maximum atomic E-state index is 14.0. The monoisotopic (exact) mass is 629 g/mol. The lowest BCUT2D eigenvalue weighted by molar-refractivity contribution is 0.474. The Hall–Kier alpha value is -4.98. The molecule has 0 fully saturated rings. The van der Waals surface area contributed by atoms with Gasteiger partial charge in [0.15, 0.2) is 5.54 Å². The highest BCUT2D eigenvalue weighted by Crippen LogP contribution is 2.51. The highest BCUT2D eigenvalue weighted by molar-refractivity contribution is 7.90. The molecule has 2 atom stereocenters. The maximum Gasteiger partial charge on any atom is 0.285 e. The molecule has 0 aromatic heterocycles. The first-order valence-corrected chi connectivity index (χ1v) is 16.3. The number of hydrogen-bond donors (Lipinski definition) is 0. The van der Waals surface area contributed by atoms with Crippen molar-refractivity contribution in [1.29, 1.82) is 0 Å². The predicted octanol–water partition coefficient (Wildman–Crippen LogP) is 8.25. The minimum absolute atomic E-state index is 0.000382. The van der Waals surface area contributed by atoms with Crippen LogP contribution in [-0.2, 0) is 14.8 Å². The summed E-state index contributed by atoms with van der Waals surface area (Å²) in [6, 6.07) is 43.4. The standard InChI is InChI=1S/C37H28ClN3O3S/c1-26-17-23-32(24-18-26)45(42,43)40-36-37(25-33(44-36)27-19-21-30(38)22-20-27)34(28-11-5-2-6-12-28)35(29-13-7-3-8-14-29)39-41(37)31-15-9-4-10-16-31/h2-25,34H,1H3. The molecule has 6 nitrogen and oxygen atoms in total. The van der Waals surface area contributed by atoms with Crippen molar-refractivity contribution >= 4 is 44.7 Å². The largest absolute Gasteiger partial charge is 0.439 e. The van der Waals surface area contributed by atoms with Crippen LogP contribution in [0.15, 0.2) is 160 Å². The first-order valence-electron chi connectivity index (χ1n) is 14.5. The number of nitrogens with zero attached hydrogens (tertiary/aromatic N) is 3. The lowest BCUT2D eigenvalue weighted by Crippen LogP contribution is -2.51. The van der Waals surface area contributed by atoms with Gasteiger partial charge in [-0.25, -0.2) is 5.01 Å². The number of anilines is 1. The Bertz CT molecular complexity index is 2050. The second-order valence-corrected chi connectivity index (χ2v) is 13.0. The molecule has 5 aromatic rings. The fourth-order valence-electron chi connectivity index (χ4n) is 5.87. The van der Waals surface area contributed by atoms with Crippen LogP contribution < -0.4 is 5.01 Å². The van der Waals surface area contributed by atoms with Crippen molar-refractivity contribution in [3.63, 3.8) is 0 Å². The van der Waals surface area contributed by atoms with Gasteiger partial charge < -0.3 is 4.74 Å². The van der Waals surface area contributed by atoms with Crippen molar-refractivity contribution in [2.75, 3.05) is 5.01 Å². The lowest BCUT2D eigenvalue weighted by atomic mass is 9.75. The number of sulfonamides is 1. The van der Waals surface area contributed by atoms with Gasteiger partial charge in [-0.3, -0.25) is 0 Å². The Morgan fingerprint density at radius 1 is 0.756 bits per heavy atom. The van der Waals surface area contributed by atoms with Crippen LogP contribution in [-0.4, -0.2) is 25.6 Å². The molecule has 5 aromatic carbocycles. The summed E-state index contributed by atoms with van der Waals surface area (Å²) in [5.74, 6) is -0.0469. The second kappa shape index (κ2) is 11.5. The molecule has 2 heterocycles. The van der Waals surface area contributed by atoms with Crippen LogP contribution in [0.4, 0.5) is 5.69 Å². The van der Waals surface area contributed by atoms with E-state index in [4.69, 9.17) is 21.4 Å². The van der Waals surface area contributed by atoms with Crippen molar-refractivity contribution in [2.45, 2.75) is 23.3 Å². The molecule has 8 heteroatoms. The molecular formula is C37H28ClN3O3S. The van der Waals surface area contributed by atoms with Gasteiger partial charge in [0.05, 0.1) is 22.2 Å². The molecule has 0 radical (unpaired) electrons. The summed E-state index contributed by atoms with van der Waals surface area (Å²) < 4.78 is 39.1. The number of halogens is 1. The third kappa shape index (κ3) is 5.24. The number of rotatable bonds is 6. The van der Waals surface area contributed by atoms with Gasteiger partial charge in [0.25, 0.3) is 10.0 Å². The average molecular weight is 630 g/mol. The number of para-hydroxylation sites is 1. The van der Waals surface area contributed by atoms with Crippen LogP contribution in [0.3, 0.4) is 0 Å². The minimum atomic E-state index is -4.20. The number of aryl methyl sites for hydroxylation is 1. The fraction of sp³-hybridized carbons (Fsp3) is 0.0811. The van der Waals surface area contributed by atoms with E-state index in [0.717, 1.165) is 33.7 Å².